The third-order valence-corrected chi connectivity index (χ3v) is 4.43. The first-order chi connectivity index (χ1) is 9.42. The van der Waals surface area contributed by atoms with E-state index in [9.17, 15) is 26.9 Å². The first kappa shape index (κ1) is 17.3. The Hall–Kier alpha value is -1.72. The molecule has 118 valence electrons. The van der Waals surface area contributed by atoms with Crippen LogP contribution in [0.3, 0.4) is 0 Å². The van der Waals surface area contributed by atoms with Crippen molar-refractivity contribution in [1.29, 1.82) is 0 Å². The minimum Gasteiger partial charge on any atom is -0.486 e. The van der Waals surface area contributed by atoms with E-state index in [-0.39, 0.29) is 28.6 Å². The molecule has 0 atom stereocenters. The van der Waals surface area contributed by atoms with Gasteiger partial charge in [0.2, 0.25) is 10.0 Å². The molecule has 0 spiro atoms. The lowest BCUT2D eigenvalue weighted by Crippen LogP contribution is -2.15. The highest BCUT2D eigenvalue weighted by molar-refractivity contribution is 7.90. The Balaban J connectivity index is 3.21. The lowest BCUT2D eigenvalue weighted by atomic mass is 10.2. The van der Waals surface area contributed by atoms with E-state index >= 15 is 0 Å². The Bertz CT molecular complexity index is 769. The van der Waals surface area contributed by atoms with Crippen LogP contribution < -0.4 is 9.88 Å². The van der Waals surface area contributed by atoms with Crippen molar-refractivity contribution in [2.45, 2.75) is 11.8 Å². The number of nitro groups is 1. The van der Waals surface area contributed by atoms with Crippen molar-refractivity contribution >= 4 is 25.5 Å². The molecule has 0 saturated heterocycles. The predicted molar refractivity (Wildman–Crippen MR) is 74.4 cm³/mol. The zero-order valence-corrected chi connectivity index (χ0v) is 12.9. The minimum absolute atomic E-state index is 0.164. The number of sulfonamides is 1. The number of nitrogens with two attached hydrogens (primary N) is 1. The van der Waals surface area contributed by atoms with Crippen molar-refractivity contribution in [1.82, 2.24) is 0 Å². The SMILES string of the molecule is Cc1cc(OCCS(C)(=O)=O)c([N+](=O)[O-])cc1S(N)(=O)=O. The van der Waals surface area contributed by atoms with E-state index in [0.29, 0.717) is 0 Å². The van der Waals surface area contributed by atoms with Gasteiger partial charge < -0.3 is 4.74 Å². The molecule has 0 fully saturated rings. The van der Waals surface area contributed by atoms with Gasteiger partial charge in [-0.1, -0.05) is 0 Å². The molecule has 1 rings (SSSR count). The van der Waals surface area contributed by atoms with Gasteiger partial charge in [-0.15, -0.1) is 0 Å². The lowest BCUT2D eigenvalue weighted by Gasteiger charge is -2.09. The first-order valence-electron chi connectivity index (χ1n) is 5.54. The molecule has 0 aliphatic carbocycles. The van der Waals surface area contributed by atoms with Gasteiger partial charge in [-0.3, -0.25) is 10.1 Å². The highest BCUT2D eigenvalue weighted by Gasteiger charge is 2.23. The number of primary sulfonamides is 1. The summed E-state index contributed by atoms with van der Waals surface area (Å²) in [5.41, 5.74) is -0.435. The van der Waals surface area contributed by atoms with E-state index < -0.39 is 30.5 Å². The average molecular weight is 338 g/mol. The zero-order chi connectivity index (χ0) is 16.4. The number of sulfone groups is 1. The molecule has 1 aromatic carbocycles. The Morgan fingerprint density at radius 1 is 1.29 bits per heavy atom. The van der Waals surface area contributed by atoms with Crippen molar-refractivity contribution in [3.05, 3.63) is 27.8 Å². The van der Waals surface area contributed by atoms with Crippen molar-refractivity contribution < 1.29 is 26.5 Å². The Morgan fingerprint density at radius 2 is 1.86 bits per heavy atom. The normalized spacial score (nSPS) is 12.1. The third kappa shape index (κ3) is 4.95. The van der Waals surface area contributed by atoms with Gasteiger partial charge >= 0.3 is 5.69 Å². The highest BCUT2D eigenvalue weighted by Crippen LogP contribution is 2.32. The zero-order valence-electron chi connectivity index (χ0n) is 11.3. The molecular weight excluding hydrogens is 324 g/mol. The maximum atomic E-state index is 11.3. The van der Waals surface area contributed by atoms with Crippen LogP contribution in [0.1, 0.15) is 5.56 Å². The maximum absolute atomic E-state index is 11.3. The Kier molecular flexibility index (Phi) is 4.91. The van der Waals surface area contributed by atoms with E-state index in [4.69, 9.17) is 9.88 Å². The first-order valence-corrected chi connectivity index (χ1v) is 9.15. The summed E-state index contributed by atoms with van der Waals surface area (Å²) in [4.78, 5) is 9.73. The fourth-order valence-corrected chi connectivity index (χ4v) is 2.69. The van der Waals surface area contributed by atoms with Crippen LogP contribution in [0.5, 0.6) is 5.75 Å². The van der Waals surface area contributed by atoms with Crippen LogP contribution in [0.2, 0.25) is 0 Å². The van der Waals surface area contributed by atoms with Crippen molar-refractivity contribution in [2.75, 3.05) is 18.6 Å². The van der Waals surface area contributed by atoms with Gasteiger partial charge in [-0.2, -0.15) is 0 Å². The van der Waals surface area contributed by atoms with Crippen LogP contribution >= 0.6 is 0 Å². The largest absolute Gasteiger partial charge is 0.486 e. The molecule has 0 heterocycles. The monoisotopic (exact) mass is 338 g/mol. The predicted octanol–water partition coefficient (Wildman–Crippen LogP) is -0.0260. The summed E-state index contributed by atoms with van der Waals surface area (Å²) in [6.07, 6.45) is 1.00. The quantitative estimate of drug-likeness (QED) is 0.566. The second-order valence-electron chi connectivity index (χ2n) is 4.37. The van der Waals surface area contributed by atoms with Gasteiger partial charge in [0.15, 0.2) is 15.6 Å². The van der Waals surface area contributed by atoms with Crippen molar-refractivity contribution in [2.24, 2.45) is 5.14 Å². The van der Waals surface area contributed by atoms with E-state index in [2.05, 4.69) is 0 Å². The minimum atomic E-state index is -4.11. The number of hydrogen-bond donors (Lipinski definition) is 1. The number of benzene rings is 1. The molecule has 0 unspecified atom stereocenters. The number of aryl methyl sites for hydroxylation is 1. The van der Waals surface area contributed by atoms with Crippen LogP contribution in [-0.2, 0) is 19.9 Å². The molecule has 0 radical (unpaired) electrons. The number of hydrogen-bond acceptors (Lipinski definition) is 7. The topological polar surface area (TPSA) is 147 Å². The maximum Gasteiger partial charge on any atom is 0.312 e. The summed E-state index contributed by atoms with van der Waals surface area (Å²) in [6, 6.07) is 1.93. The summed E-state index contributed by atoms with van der Waals surface area (Å²) in [5, 5.41) is 15.9. The van der Waals surface area contributed by atoms with Gasteiger partial charge in [0.05, 0.1) is 15.6 Å². The van der Waals surface area contributed by atoms with Crippen LogP contribution in [0.4, 0.5) is 5.69 Å². The second kappa shape index (κ2) is 5.95. The summed E-state index contributed by atoms with van der Waals surface area (Å²) in [6.45, 7) is 1.11. The second-order valence-corrected chi connectivity index (χ2v) is 8.16. The van der Waals surface area contributed by atoms with Crippen LogP contribution in [-0.4, -0.2) is 40.4 Å². The van der Waals surface area contributed by atoms with Crippen molar-refractivity contribution in [3.63, 3.8) is 0 Å². The van der Waals surface area contributed by atoms with Gasteiger partial charge in [0, 0.05) is 12.3 Å². The summed E-state index contributed by atoms with van der Waals surface area (Å²) in [7, 11) is -7.39. The molecule has 0 aromatic heterocycles. The van der Waals surface area contributed by atoms with E-state index in [0.717, 1.165) is 18.4 Å². The van der Waals surface area contributed by atoms with Crippen molar-refractivity contribution in [3.8, 4) is 5.75 Å². The fraction of sp³-hybridized carbons (Fsp3) is 0.400. The summed E-state index contributed by atoms with van der Waals surface area (Å²) < 4.78 is 49.7. The number of nitro benzene ring substituents is 1. The molecular formula is C10H14N2O7S2. The van der Waals surface area contributed by atoms with Crippen LogP contribution in [0.25, 0.3) is 0 Å². The average Bonchev–Trinajstić information content (AvgIpc) is 2.24. The van der Waals surface area contributed by atoms with E-state index in [1.54, 1.807) is 0 Å². The number of nitrogens with zero attached hydrogens (tertiary/aromatic N) is 1. The third-order valence-electron chi connectivity index (χ3n) is 2.47. The highest BCUT2D eigenvalue weighted by atomic mass is 32.2. The number of rotatable bonds is 6. The molecule has 11 heteroatoms. The van der Waals surface area contributed by atoms with Gasteiger partial charge in [-0.25, -0.2) is 22.0 Å². The molecule has 21 heavy (non-hydrogen) atoms. The Morgan fingerprint density at radius 3 is 2.29 bits per heavy atom. The Labute approximate surface area is 121 Å². The summed E-state index contributed by atoms with van der Waals surface area (Å²) in [5.74, 6) is -0.534. The molecule has 0 aliphatic rings. The van der Waals surface area contributed by atoms with Crippen LogP contribution in [0.15, 0.2) is 17.0 Å². The summed E-state index contributed by atoms with van der Waals surface area (Å²) >= 11 is 0. The lowest BCUT2D eigenvalue weighted by molar-refractivity contribution is -0.386. The van der Waals surface area contributed by atoms with E-state index in [1.165, 1.54) is 6.92 Å². The molecule has 0 amide bonds. The fourth-order valence-electron chi connectivity index (χ4n) is 1.52. The molecule has 0 saturated carbocycles. The smallest absolute Gasteiger partial charge is 0.312 e. The molecule has 1 aromatic rings. The molecule has 9 nitrogen and oxygen atoms in total. The van der Waals surface area contributed by atoms with Gasteiger partial charge in [0.25, 0.3) is 0 Å². The van der Waals surface area contributed by atoms with E-state index in [1.807, 2.05) is 0 Å². The van der Waals surface area contributed by atoms with Gasteiger partial charge in [0.1, 0.15) is 6.61 Å². The molecule has 2 N–H and O–H groups in total. The van der Waals surface area contributed by atoms with Gasteiger partial charge in [-0.05, 0) is 18.6 Å². The number of ether oxygens (including phenoxy) is 1. The molecule has 0 aliphatic heterocycles. The van der Waals surface area contributed by atoms with Crippen LogP contribution in [0, 0.1) is 17.0 Å². The molecule has 0 bridgehead atoms. The standard InChI is InChI=1S/C10H14N2O7S2/c1-7-5-9(19-3-4-20(2,15)16)8(12(13)14)6-10(7)21(11,17)18/h5-6H,3-4H2,1-2H3,(H2,11,17,18).